The number of hydrogen-bond acceptors (Lipinski definition) is 5. The average Bonchev–Trinajstić information content (AvgIpc) is 3.06. The highest BCUT2D eigenvalue weighted by Crippen LogP contribution is 2.27. The second-order valence-electron chi connectivity index (χ2n) is 4.83. The van der Waals surface area contributed by atoms with Crippen LogP contribution in [0, 0.1) is 5.92 Å². The first-order valence-electron chi connectivity index (χ1n) is 5.99. The summed E-state index contributed by atoms with van der Waals surface area (Å²) in [7, 11) is -3.56. The highest BCUT2D eigenvalue weighted by molar-refractivity contribution is 7.90. The van der Waals surface area contributed by atoms with Gasteiger partial charge in [0.25, 0.3) is 0 Å². The van der Waals surface area contributed by atoms with E-state index in [1.54, 1.807) is 0 Å². The summed E-state index contributed by atoms with van der Waals surface area (Å²) >= 11 is 0. The predicted molar refractivity (Wildman–Crippen MR) is 63.8 cm³/mol. The molecule has 2 fully saturated rings. The first-order chi connectivity index (χ1) is 8.40. The molecular weight excluding hydrogens is 258 g/mol. The van der Waals surface area contributed by atoms with Crippen molar-refractivity contribution in [2.24, 2.45) is 11.7 Å². The Kier molecular flexibility index (Phi) is 3.58. The summed E-state index contributed by atoms with van der Waals surface area (Å²) in [6.45, 7) is 0.582. The van der Waals surface area contributed by atoms with Gasteiger partial charge in [-0.05, 0) is 25.7 Å². The van der Waals surface area contributed by atoms with E-state index in [-0.39, 0.29) is 18.2 Å². The van der Waals surface area contributed by atoms with Crippen molar-refractivity contribution in [1.29, 1.82) is 0 Å². The molecule has 8 heteroatoms. The van der Waals surface area contributed by atoms with Crippen LogP contribution in [-0.4, -0.2) is 38.1 Å². The Morgan fingerprint density at radius 1 is 1.44 bits per heavy atom. The quantitative estimate of drug-likeness (QED) is 0.561. The monoisotopic (exact) mass is 275 g/mol. The van der Waals surface area contributed by atoms with Crippen molar-refractivity contribution in [2.75, 3.05) is 6.54 Å². The van der Waals surface area contributed by atoms with Crippen molar-refractivity contribution in [3.63, 3.8) is 0 Å². The van der Waals surface area contributed by atoms with Crippen LogP contribution in [0.2, 0.25) is 0 Å². The van der Waals surface area contributed by atoms with Crippen molar-refractivity contribution in [1.82, 2.24) is 10.0 Å². The van der Waals surface area contributed by atoms with Crippen LogP contribution in [0.1, 0.15) is 25.7 Å². The van der Waals surface area contributed by atoms with Crippen LogP contribution >= 0.6 is 0 Å². The van der Waals surface area contributed by atoms with Gasteiger partial charge in [-0.3, -0.25) is 14.3 Å². The van der Waals surface area contributed by atoms with Crippen molar-refractivity contribution in [3.8, 4) is 0 Å². The fourth-order valence-electron chi connectivity index (χ4n) is 1.96. The molecule has 2 atom stereocenters. The molecule has 0 aromatic carbocycles. The van der Waals surface area contributed by atoms with Crippen LogP contribution in [0.4, 0.5) is 0 Å². The van der Waals surface area contributed by atoms with E-state index in [4.69, 9.17) is 5.73 Å². The van der Waals surface area contributed by atoms with E-state index >= 15 is 0 Å². The number of carbonyl (C=O) groups excluding carboxylic acids is 2. The lowest BCUT2D eigenvalue weighted by Gasteiger charge is -2.14. The van der Waals surface area contributed by atoms with Crippen LogP contribution in [0.5, 0.6) is 0 Å². The zero-order valence-corrected chi connectivity index (χ0v) is 10.7. The summed E-state index contributed by atoms with van der Waals surface area (Å²) < 4.78 is 25.1. The zero-order valence-electron chi connectivity index (χ0n) is 9.89. The van der Waals surface area contributed by atoms with Gasteiger partial charge in [0.15, 0.2) is 0 Å². The Morgan fingerprint density at radius 3 is 2.61 bits per heavy atom. The Balaban J connectivity index is 1.86. The normalized spacial score (nSPS) is 25.6. The van der Waals surface area contributed by atoms with Gasteiger partial charge in [0.05, 0.1) is 11.3 Å². The molecule has 0 aromatic heterocycles. The minimum absolute atomic E-state index is 0.122. The maximum absolute atomic E-state index is 11.6. The molecular formula is C10H17N3O4S. The summed E-state index contributed by atoms with van der Waals surface area (Å²) in [5.41, 5.74) is 5.63. The molecule has 0 unspecified atom stereocenters. The number of carbonyl (C=O) groups is 2. The summed E-state index contributed by atoms with van der Waals surface area (Å²) in [5.74, 6) is -1.14. The van der Waals surface area contributed by atoms with E-state index in [1.807, 2.05) is 4.72 Å². The van der Waals surface area contributed by atoms with Crippen molar-refractivity contribution < 1.29 is 18.0 Å². The molecule has 18 heavy (non-hydrogen) atoms. The van der Waals surface area contributed by atoms with Gasteiger partial charge in [0.2, 0.25) is 21.8 Å². The predicted octanol–water partition coefficient (Wildman–Crippen LogP) is -1.55. The third kappa shape index (κ3) is 2.99. The maximum Gasteiger partial charge on any atom is 0.250 e. The fourth-order valence-corrected chi connectivity index (χ4v) is 3.32. The minimum Gasteiger partial charge on any atom is -0.356 e. The number of nitrogens with one attached hydrogen (secondary N) is 2. The lowest BCUT2D eigenvalue weighted by atomic mass is 9.99. The lowest BCUT2D eigenvalue weighted by Crippen LogP contribution is -2.45. The largest absolute Gasteiger partial charge is 0.356 e. The van der Waals surface area contributed by atoms with E-state index in [2.05, 4.69) is 5.32 Å². The summed E-state index contributed by atoms with van der Waals surface area (Å²) in [4.78, 5) is 23.0. The maximum atomic E-state index is 11.6. The van der Waals surface area contributed by atoms with E-state index < -0.39 is 27.2 Å². The topological polar surface area (TPSA) is 118 Å². The number of nitrogens with two attached hydrogens (primary N) is 1. The third-order valence-corrected chi connectivity index (χ3v) is 5.08. The molecule has 2 amide bonds. The van der Waals surface area contributed by atoms with Crippen LogP contribution in [0.25, 0.3) is 0 Å². The number of rotatable bonds is 5. The van der Waals surface area contributed by atoms with E-state index in [9.17, 15) is 18.0 Å². The molecule has 1 saturated carbocycles. The molecule has 102 valence electrons. The second kappa shape index (κ2) is 4.85. The van der Waals surface area contributed by atoms with E-state index in [0.29, 0.717) is 25.8 Å². The van der Waals surface area contributed by atoms with Crippen LogP contribution < -0.4 is 15.8 Å². The van der Waals surface area contributed by atoms with Gasteiger partial charge in [0.1, 0.15) is 0 Å². The van der Waals surface area contributed by atoms with Gasteiger partial charge in [-0.25, -0.2) is 8.42 Å². The second-order valence-corrected chi connectivity index (χ2v) is 6.79. The summed E-state index contributed by atoms with van der Waals surface area (Å²) in [6, 6.07) is -0.965. The molecule has 2 aliphatic rings. The highest BCUT2D eigenvalue weighted by Gasteiger charge is 2.38. The first-order valence-corrected chi connectivity index (χ1v) is 7.53. The van der Waals surface area contributed by atoms with Gasteiger partial charge in [-0.2, -0.15) is 0 Å². The molecule has 1 saturated heterocycles. The number of amides is 2. The summed E-state index contributed by atoms with van der Waals surface area (Å²) in [6.07, 6.45) is 1.98. The Labute approximate surface area is 106 Å². The van der Waals surface area contributed by atoms with Gasteiger partial charge >= 0.3 is 0 Å². The molecule has 0 spiro atoms. The third-order valence-electron chi connectivity index (χ3n) is 3.24. The van der Waals surface area contributed by atoms with E-state index in [0.717, 1.165) is 0 Å². The lowest BCUT2D eigenvalue weighted by molar-refractivity contribution is -0.123. The van der Waals surface area contributed by atoms with Gasteiger partial charge in [0, 0.05) is 12.5 Å². The van der Waals surface area contributed by atoms with Gasteiger partial charge < -0.3 is 11.1 Å². The molecule has 0 aromatic rings. The zero-order chi connectivity index (χ0) is 13.3. The van der Waals surface area contributed by atoms with Crippen LogP contribution in [0.15, 0.2) is 0 Å². The average molecular weight is 275 g/mol. The first kappa shape index (κ1) is 13.3. The molecule has 0 bridgehead atoms. The van der Waals surface area contributed by atoms with Gasteiger partial charge in [-0.1, -0.05) is 0 Å². The Bertz CT molecular complexity index is 458. The van der Waals surface area contributed by atoms with Crippen molar-refractivity contribution >= 4 is 21.8 Å². The van der Waals surface area contributed by atoms with Crippen molar-refractivity contribution in [3.05, 3.63) is 0 Å². The van der Waals surface area contributed by atoms with Crippen molar-refractivity contribution in [2.45, 2.75) is 37.0 Å². The molecule has 1 aliphatic carbocycles. The molecule has 2 rings (SSSR count). The fraction of sp³-hybridized carbons (Fsp3) is 0.800. The van der Waals surface area contributed by atoms with Crippen LogP contribution in [0.3, 0.4) is 0 Å². The SMILES string of the molecule is N[C@@H](C[C@@H]1CCNC1=O)C(=O)NS(=O)(=O)C1CC1. The smallest absolute Gasteiger partial charge is 0.250 e. The molecule has 0 radical (unpaired) electrons. The van der Waals surface area contributed by atoms with Gasteiger partial charge in [-0.15, -0.1) is 0 Å². The minimum atomic E-state index is -3.56. The molecule has 7 nitrogen and oxygen atoms in total. The Hall–Kier alpha value is -1.15. The number of sulfonamides is 1. The standard InChI is InChI=1S/C10H17N3O4S/c11-8(5-6-3-4-12-9(6)14)10(15)13-18(16,17)7-1-2-7/h6-8H,1-5,11H2,(H,12,14)(H,13,15)/t6-,8-/m0/s1. The molecule has 4 N–H and O–H groups in total. The highest BCUT2D eigenvalue weighted by atomic mass is 32.2. The molecule has 1 heterocycles. The van der Waals surface area contributed by atoms with E-state index in [1.165, 1.54) is 0 Å². The summed E-state index contributed by atoms with van der Waals surface area (Å²) in [5, 5.41) is 2.19. The van der Waals surface area contributed by atoms with Crippen LogP contribution in [-0.2, 0) is 19.6 Å². The number of hydrogen-bond donors (Lipinski definition) is 3. The molecule has 1 aliphatic heterocycles. The Morgan fingerprint density at radius 2 is 2.11 bits per heavy atom.